The van der Waals surface area contributed by atoms with Crippen LogP contribution in [0.25, 0.3) is 10.8 Å². The molecule has 0 aromatic heterocycles. The normalized spacial score (nSPS) is 11.8. The fourth-order valence-electron chi connectivity index (χ4n) is 1.78. The van der Waals surface area contributed by atoms with Gasteiger partial charge in [0.1, 0.15) is 0 Å². The zero-order valence-electron chi connectivity index (χ0n) is 7.46. The Morgan fingerprint density at radius 2 is 1.86 bits per heavy atom. The molecule has 0 N–H and O–H groups in total. The highest BCUT2D eigenvalue weighted by atomic mass is 16.4. The molecule has 2 aliphatic rings. The first-order valence-electron chi connectivity index (χ1n) is 4.31. The number of hydrogen-bond donors (Lipinski definition) is 0. The van der Waals surface area contributed by atoms with E-state index in [4.69, 9.17) is 4.42 Å². The minimum atomic E-state index is -0.512. The molecule has 3 heteroatoms. The van der Waals surface area contributed by atoms with Crippen molar-refractivity contribution in [3.8, 4) is 0 Å². The predicted molar refractivity (Wildman–Crippen MR) is 51.2 cm³/mol. The molecule has 0 fully saturated rings. The summed E-state index contributed by atoms with van der Waals surface area (Å²) >= 11 is 0. The fraction of sp³-hybridized carbons (Fsp3) is 0.0909. The highest BCUT2D eigenvalue weighted by molar-refractivity contribution is 5.85. The lowest BCUT2D eigenvalue weighted by Gasteiger charge is -1.94. The van der Waals surface area contributed by atoms with Crippen LogP contribution in [-0.4, -0.2) is 0 Å². The van der Waals surface area contributed by atoms with Gasteiger partial charge in [0, 0.05) is 10.8 Å². The summed E-state index contributed by atoms with van der Waals surface area (Å²) < 4.78 is 5.00. The molecule has 68 valence electrons. The van der Waals surface area contributed by atoms with Crippen molar-refractivity contribution in [2.45, 2.75) is 6.92 Å². The van der Waals surface area contributed by atoms with Gasteiger partial charge in [-0.25, -0.2) is 0 Å². The Hall–Kier alpha value is -1.90. The maximum absolute atomic E-state index is 11.6. The van der Waals surface area contributed by atoms with E-state index in [1.54, 1.807) is 6.07 Å². The third-order valence-corrected chi connectivity index (χ3v) is 2.53. The molecule has 0 saturated heterocycles. The average Bonchev–Trinajstić information content (AvgIpc) is 2.93. The van der Waals surface area contributed by atoms with E-state index < -0.39 is 10.9 Å². The Morgan fingerprint density at radius 3 is 2.64 bits per heavy atom. The van der Waals surface area contributed by atoms with E-state index in [9.17, 15) is 9.59 Å². The lowest BCUT2D eigenvalue weighted by atomic mass is 10.1. The Kier molecular flexibility index (Phi) is 1.14. The maximum atomic E-state index is 11.6. The van der Waals surface area contributed by atoms with Gasteiger partial charge in [-0.15, -0.1) is 0 Å². The van der Waals surface area contributed by atoms with Crippen molar-refractivity contribution < 1.29 is 4.42 Å². The summed E-state index contributed by atoms with van der Waals surface area (Å²) in [6.07, 6.45) is 0. The van der Waals surface area contributed by atoms with Crippen LogP contribution in [0.3, 0.4) is 0 Å². The SMILES string of the molecule is Cc1cccc2c3oc=3c(=O)c(=O)c12. The lowest BCUT2D eigenvalue weighted by molar-refractivity contribution is 0.642. The van der Waals surface area contributed by atoms with Gasteiger partial charge in [0.25, 0.3) is 5.43 Å². The topological polar surface area (TPSA) is 47.3 Å². The van der Waals surface area contributed by atoms with Crippen molar-refractivity contribution in [1.29, 1.82) is 0 Å². The van der Waals surface area contributed by atoms with Crippen LogP contribution >= 0.6 is 0 Å². The first kappa shape index (κ1) is 7.50. The molecule has 1 heterocycles. The zero-order chi connectivity index (χ0) is 9.87. The molecule has 1 aromatic rings. The number of fused-ring (bicyclic) bond motifs is 2. The lowest BCUT2D eigenvalue weighted by Crippen LogP contribution is -2.22. The summed E-state index contributed by atoms with van der Waals surface area (Å²) in [4.78, 5) is 23.0. The third-order valence-electron chi connectivity index (χ3n) is 2.53. The second-order valence-corrected chi connectivity index (χ2v) is 3.42. The first-order chi connectivity index (χ1) is 6.70. The Balaban J connectivity index is 2.85. The highest BCUT2D eigenvalue weighted by Crippen LogP contribution is 2.18. The van der Waals surface area contributed by atoms with E-state index in [1.165, 1.54) is 0 Å². The highest BCUT2D eigenvalue weighted by Gasteiger charge is 2.16. The van der Waals surface area contributed by atoms with Crippen LogP contribution < -0.4 is 10.9 Å². The molecule has 1 aromatic carbocycles. The monoisotopic (exact) mass is 186 g/mol. The maximum Gasteiger partial charge on any atom is 0.272 e. The van der Waals surface area contributed by atoms with Gasteiger partial charge in [-0.3, -0.25) is 9.59 Å². The summed E-state index contributed by atoms with van der Waals surface area (Å²) in [5, 5.41) is 1.25. The molecular formula is C11H6O3. The van der Waals surface area contributed by atoms with Crippen molar-refractivity contribution in [2.75, 3.05) is 0 Å². The molecule has 3 rings (SSSR count). The van der Waals surface area contributed by atoms with E-state index in [-0.39, 0.29) is 5.42 Å². The smallest absolute Gasteiger partial charge is 0.272 e. The van der Waals surface area contributed by atoms with Crippen LogP contribution in [-0.2, 0) is 0 Å². The van der Waals surface area contributed by atoms with Crippen molar-refractivity contribution in [3.63, 3.8) is 0 Å². The third kappa shape index (κ3) is 0.719. The van der Waals surface area contributed by atoms with Gasteiger partial charge in [-0.05, 0) is 12.5 Å². The van der Waals surface area contributed by atoms with Gasteiger partial charge in [0.15, 0.2) is 5.42 Å². The van der Waals surface area contributed by atoms with Gasteiger partial charge in [0.2, 0.25) is 10.8 Å². The van der Waals surface area contributed by atoms with Crippen molar-refractivity contribution >= 4 is 10.8 Å². The second kappa shape index (κ2) is 2.12. The average molecular weight is 186 g/mol. The summed E-state index contributed by atoms with van der Waals surface area (Å²) in [7, 11) is 0. The minimum Gasteiger partial charge on any atom is -0.444 e. The van der Waals surface area contributed by atoms with Crippen LogP contribution in [0.2, 0.25) is 0 Å². The van der Waals surface area contributed by atoms with E-state index in [0.29, 0.717) is 10.8 Å². The number of benzene rings is 1. The Morgan fingerprint density at radius 1 is 1.07 bits per heavy atom. The molecule has 0 amide bonds. The molecular weight excluding hydrogens is 180 g/mol. The van der Waals surface area contributed by atoms with E-state index in [2.05, 4.69) is 0 Å². The van der Waals surface area contributed by atoms with E-state index in [0.717, 1.165) is 10.9 Å². The van der Waals surface area contributed by atoms with Gasteiger partial charge in [-0.1, -0.05) is 18.2 Å². The van der Waals surface area contributed by atoms with Gasteiger partial charge in [0.05, 0.1) is 0 Å². The van der Waals surface area contributed by atoms with Crippen molar-refractivity contribution in [2.24, 2.45) is 0 Å². The largest absolute Gasteiger partial charge is 0.444 e. The first-order valence-corrected chi connectivity index (χ1v) is 4.31. The molecule has 0 atom stereocenters. The van der Waals surface area contributed by atoms with Crippen LogP contribution in [0.1, 0.15) is 5.56 Å². The summed E-state index contributed by atoms with van der Waals surface area (Å²) in [6.45, 7) is 1.82. The van der Waals surface area contributed by atoms with Crippen LogP contribution in [0.4, 0.5) is 0 Å². The fourth-order valence-corrected chi connectivity index (χ4v) is 1.78. The standard InChI is InChI=1S/C11H6O3/c1-5-3-2-4-6-7(5)8(12)9(13)11-10(6)14-11/h2-4H,1H3. The van der Waals surface area contributed by atoms with Crippen LogP contribution in [0, 0.1) is 17.8 Å². The Labute approximate surface area is 77.9 Å². The minimum absolute atomic E-state index is 0.230. The van der Waals surface area contributed by atoms with Crippen molar-refractivity contribution in [1.82, 2.24) is 0 Å². The van der Waals surface area contributed by atoms with E-state index >= 15 is 0 Å². The van der Waals surface area contributed by atoms with Crippen molar-refractivity contribution in [3.05, 3.63) is 55.0 Å². The number of aryl methyl sites for hydroxylation is 1. The summed E-state index contributed by atoms with van der Waals surface area (Å²) in [5.41, 5.74) is 0.667. The van der Waals surface area contributed by atoms with Crippen LogP contribution in [0.5, 0.6) is 0 Å². The predicted octanol–water partition coefficient (Wildman–Crippen LogP) is 1.06. The Bertz CT molecular complexity index is 769. The second-order valence-electron chi connectivity index (χ2n) is 3.42. The molecule has 1 aliphatic heterocycles. The van der Waals surface area contributed by atoms with Gasteiger partial charge >= 0.3 is 0 Å². The summed E-state index contributed by atoms with van der Waals surface area (Å²) in [5.74, 6) is 0. The molecule has 0 bridgehead atoms. The molecule has 0 unspecified atom stereocenters. The molecule has 1 aliphatic carbocycles. The molecule has 14 heavy (non-hydrogen) atoms. The van der Waals surface area contributed by atoms with Gasteiger partial charge < -0.3 is 4.42 Å². The van der Waals surface area contributed by atoms with E-state index in [1.807, 2.05) is 19.1 Å². The molecule has 0 radical (unpaired) electrons. The zero-order valence-corrected chi connectivity index (χ0v) is 7.46. The van der Waals surface area contributed by atoms with Crippen LogP contribution in [0.15, 0.2) is 32.2 Å². The summed E-state index contributed by atoms with van der Waals surface area (Å²) in [6, 6.07) is 5.47. The molecule has 0 spiro atoms. The van der Waals surface area contributed by atoms with Gasteiger partial charge in [-0.2, -0.15) is 0 Å². The number of hydrogen-bond acceptors (Lipinski definition) is 3. The quantitative estimate of drug-likeness (QED) is 0.493. The number of rotatable bonds is 0. The molecule has 3 nitrogen and oxygen atoms in total. The molecule has 0 saturated carbocycles.